The molecule has 1 aliphatic heterocycles. The molecule has 1 atom stereocenters. The van der Waals surface area contributed by atoms with Gasteiger partial charge in [-0.05, 0) is 44.7 Å². The third-order valence-electron chi connectivity index (χ3n) is 4.47. The largest absolute Gasteiger partial charge is 0.409 e. The third kappa shape index (κ3) is 2.68. The zero-order valence-electron chi connectivity index (χ0n) is 11.7. The smallest absolute Gasteiger partial charge is 0.233 e. The fourth-order valence-corrected chi connectivity index (χ4v) is 3.34. The van der Waals surface area contributed by atoms with Crippen molar-refractivity contribution in [3.8, 4) is 0 Å². The van der Waals surface area contributed by atoms with Crippen molar-refractivity contribution in [2.75, 3.05) is 26.7 Å². The van der Waals surface area contributed by atoms with E-state index in [4.69, 9.17) is 10.9 Å². The molecule has 0 radical (unpaired) electrons. The molecule has 0 aromatic heterocycles. The summed E-state index contributed by atoms with van der Waals surface area (Å²) >= 11 is 0. The zero-order valence-corrected chi connectivity index (χ0v) is 11.7. The number of nitrogens with one attached hydrogen (secondary N) is 1. The first-order valence-electron chi connectivity index (χ1n) is 6.93. The molecular formula is C13H24N4O2. The van der Waals surface area contributed by atoms with Gasteiger partial charge in [-0.15, -0.1) is 0 Å². The Morgan fingerprint density at radius 1 is 1.58 bits per heavy atom. The Morgan fingerprint density at radius 2 is 2.26 bits per heavy atom. The lowest BCUT2D eigenvalue weighted by Gasteiger charge is -2.43. The molecule has 0 bridgehead atoms. The number of rotatable bonds is 4. The highest BCUT2D eigenvalue weighted by Gasteiger charge is 2.52. The van der Waals surface area contributed by atoms with Gasteiger partial charge in [-0.1, -0.05) is 12.1 Å². The van der Waals surface area contributed by atoms with Crippen molar-refractivity contribution in [2.24, 2.45) is 28.1 Å². The Hall–Kier alpha value is -1.30. The Bertz CT molecular complexity index is 377. The minimum absolute atomic E-state index is 0.0478. The van der Waals surface area contributed by atoms with Crippen LogP contribution in [0.2, 0.25) is 0 Å². The molecule has 1 heterocycles. The van der Waals surface area contributed by atoms with E-state index in [0.29, 0.717) is 31.2 Å². The molecule has 1 amide bonds. The fourth-order valence-electron chi connectivity index (χ4n) is 3.34. The normalized spacial score (nSPS) is 36.0. The van der Waals surface area contributed by atoms with E-state index >= 15 is 0 Å². The summed E-state index contributed by atoms with van der Waals surface area (Å²) in [7, 11) is 2.09. The van der Waals surface area contributed by atoms with Crippen molar-refractivity contribution in [3.63, 3.8) is 0 Å². The first kappa shape index (κ1) is 14.1. The van der Waals surface area contributed by atoms with Gasteiger partial charge in [-0.25, -0.2) is 0 Å². The van der Waals surface area contributed by atoms with Crippen molar-refractivity contribution >= 4 is 11.7 Å². The maximum Gasteiger partial charge on any atom is 0.233 e. The maximum absolute atomic E-state index is 12.3. The molecule has 6 heteroatoms. The second-order valence-corrected chi connectivity index (χ2v) is 6.21. The highest BCUT2D eigenvalue weighted by molar-refractivity contribution is 6.07. The van der Waals surface area contributed by atoms with Crippen LogP contribution in [0.5, 0.6) is 0 Å². The van der Waals surface area contributed by atoms with Gasteiger partial charge in [-0.3, -0.25) is 4.79 Å². The first-order chi connectivity index (χ1) is 8.98. The van der Waals surface area contributed by atoms with Crippen LogP contribution < -0.4 is 11.1 Å². The summed E-state index contributed by atoms with van der Waals surface area (Å²) < 4.78 is 0. The van der Waals surface area contributed by atoms with Crippen molar-refractivity contribution in [1.82, 2.24) is 10.2 Å². The van der Waals surface area contributed by atoms with Crippen molar-refractivity contribution < 1.29 is 10.0 Å². The highest BCUT2D eigenvalue weighted by Crippen LogP contribution is 2.45. The first-order valence-corrected chi connectivity index (χ1v) is 6.93. The molecule has 108 valence electrons. The Kier molecular flexibility index (Phi) is 3.99. The summed E-state index contributed by atoms with van der Waals surface area (Å²) in [5, 5.41) is 14.9. The molecule has 2 aliphatic rings. The second kappa shape index (κ2) is 5.36. The zero-order chi connectivity index (χ0) is 14.0. The van der Waals surface area contributed by atoms with Gasteiger partial charge >= 0.3 is 0 Å². The number of amides is 1. The van der Waals surface area contributed by atoms with Crippen LogP contribution >= 0.6 is 0 Å². The van der Waals surface area contributed by atoms with E-state index in [2.05, 4.69) is 29.3 Å². The highest BCUT2D eigenvalue weighted by atomic mass is 16.4. The van der Waals surface area contributed by atoms with Gasteiger partial charge in [0.2, 0.25) is 5.91 Å². The fraction of sp³-hybridized carbons (Fsp3) is 0.846. The van der Waals surface area contributed by atoms with Gasteiger partial charge in [0.15, 0.2) is 5.84 Å². The number of nitrogens with zero attached hydrogens (tertiary/aromatic N) is 2. The quantitative estimate of drug-likeness (QED) is 0.294. The summed E-state index contributed by atoms with van der Waals surface area (Å²) in [5.41, 5.74) is 4.93. The summed E-state index contributed by atoms with van der Waals surface area (Å²) in [4.78, 5) is 14.6. The van der Waals surface area contributed by atoms with Crippen molar-refractivity contribution in [2.45, 2.75) is 26.2 Å². The van der Waals surface area contributed by atoms with Crippen LogP contribution in [0.15, 0.2) is 5.16 Å². The lowest BCUT2D eigenvalue weighted by molar-refractivity contribution is -0.133. The van der Waals surface area contributed by atoms with Crippen molar-refractivity contribution in [1.29, 1.82) is 0 Å². The number of amidine groups is 1. The number of hydrogen-bond acceptors (Lipinski definition) is 4. The van der Waals surface area contributed by atoms with Crippen LogP contribution in [-0.4, -0.2) is 48.5 Å². The van der Waals surface area contributed by atoms with E-state index in [9.17, 15) is 4.79 Å². The van der Waals surface area contributed by atoms with Gasteiger partial charge in [-0.2, -0.15) is 0 Å². The standard InChI is InChI=1S/C13H24N4O2/c1-9-5-13(6-9,11(14)16-19)12(18)15-7-10-3-4-17(2)8-10/h9-10,19H,3-8H2,1-2H3,(H2,14,16)(H,15,18). The second-order valence-electron chi connectivity index (χ2n) is 6.21. The lowest BCUT2D eigenvalue weighted by Crippen LogP contribution is -2.57. The molecule has 2 fully saturated rings. The minimum atomic E-state index is -0.779. The van der Waals surface area contributed by atoms with Gasteiger partial charge in [0.1, 0.15) is 5.41 Å². The average molecular weight is 268 g/mol. The van der Waals surface area contributed by atoms with Crippen LogP contribution in [0.4, 0.5) is 0 Å². The van der Waals surface area contributed by atoms with E-state index in [1.807, 2.05) is 0 Å². The van der Waals surface area contributed by atoms with Crippen molar-refractivity contribution in [3.05, 3.63) is 0 Å². The molecule has 1 aliphatic carbocycles. The van der Waals surface area contributed by atoms with Crippen LogP contribution in [-0.2, 0) is 4.79 Å². The molecule has 2 rings (SSSR count). The van der Waals surface area contributed by atoms with Gasteiger partial charge in [0, 0.05) is 13.1 Å². The molecule has 0 aromatic rings. The Labute approximate surface area is 114 Å². The van der Waals surface area contributed by atoms with E-state index in [1.165, 1.54) is 0 Å². The predicted octanol–water partition coefficient (Wildman–Crippen LogP) is 0.217. The minimum Gasteiger partial charge on any atom is -0.409 e. The number of carbonyl (C=O) groups excluding carboxylic acids is 1. The van der Waals surface area contributed by atoms with Crippen LogP contribution in [0, 0.1) is 17.3 Å². The Balaban J connectivity index is 1.90. The molecular weight excluding hydrogens is 244 g/mol. The van der Waals surface area contributed by atoms with Gasteiger partial charge < -0.3 is 21.2 Å². The summed E-state index contributed by atoms with van der Waals surface area (Å²) in [5.74, 6) is 0.918. The molecule has 1 unspecified atom stereocenters. The number of carbonyl (C=O) groups is 1. The van der Waals surface area contributed by atoms with Gasteiger partial charge in [0.25, 0.3) is 0 Å². The molecule has 0 spiro atoms. The van der Waals surface area contributed by atoms with E-state index < -0.39 is 5.41 Å². The average Bonchev–Trinajstić information content (AvgIpc) is 2.76. The predicted molar refractivity (Wildman–Crippen MR) is 72.9 cm³/mol. The SMILES string of the molecule is CC1CC(C(=O)NCC2CCN(C)C2)(C(N)=NO)C1. The van der Waals surface area contributed by atoms with E-state index in [1.54, 1.807) is 0 Å². The number of oxime groups is 1. The van der Waals surface area contributed by atoms with Gasteiger partial charge in [0.05, 0.1) is 0 Å². The third-order valence-corrected chi connectivity index (χ3v) is 4.47. The van der Waals surface area contributed by atoms with E-state index in [-0.39, 0.29) is 11.7 Å². The molecule has 4 N–H and O–H groups in total. The molecule has 1 saturated carbocycles. The van der Waals surface area contributed by atoms with Crippen LogP contribution in [0.1, 0.15) is 26.2 Å². The maximum atomic E-state index is 12.3. The Morgan fingerprint density at radius 3 is 2.74 bits per heavy atom. The van der Waals surface area contributed by atoms with Crippen LogP contribution in [0.25, 0.3) is 0 Å². The molecule has 19 heavy (non-hydrogen) atoms. The van der Waals surface area contributed by atoms with E-state index in [0.717, 1.165) is 19.5 Å². The molecule has 6 nitrogen and oxygen atoms in total. The molecule has 1 saturated heterocycles. The topological polar surface area (TPSA) is 91.0 Å². The summed E-state index contributed by atoms with van der Waals surface area (Å²) in [6, 6.07) is 0. The monoisotopic (exact) mass is 268 g/mol. The summed E-state index contributed by atoms with van der Waals surface area (Å²) in [6.07, 6.45) is 2.45. The summed E-state index contributed by atoms with van der Waals surface area (Å²) in [6.45, 7) is 4.86. The molecule has 0 aromatic carbocycles. The number of hydrogen-bond donors (Lipinski definition) is 3. The number of nitrogens with two attached hydrogens (primary N) is 1. The van der Waals surface area contributed by atoms with Crippen LogP contribution in [0.3, 0.4) is 0 Å². The number of likely N-dealkylation sites (tertiary alicyclic amines) is 1. The lowest BCUT2D eigenvalue weighted by atomic mass is 9.61.